The van der Waals surface area contributed by atoms with Crippen LogP contribution in [0.25, 0.3) is 43.8 Å². The molecule has 1 nitrogen and oxygen atoms in total. The van der Waals surface area contributed by atoms with Crippen molar-refractivity contribution >= 4 is 38.6 Å². The SMILES string of the molecule is c1ccc(N(c2ccccc2)c2ccc(-c3ccc4cc(-c5cccc6ccccc56)ccc4c3)cc2)cc1. The lowest BCUT2D eigenvalue weighted by molar-refractivity contribution is 1.28. The zero-order valence-corrected chi connectivity index (χ0v) is 21.5. The molecule has 0 aliphatic rings. The Morgan fingerprint density at radius 3 is 1.51 bits per heavy atom. The van der Waals surface area contributed by atoms with Gasteiger partial charge in [0.15, 0.2) is 0 Å². The van der Waals surface area contributed by atoms with Crippen LogP contribution in [0.15, 0.2) is 164 Å². The third kappa shape index (κ3) is 4.45. The minimum atomic E-state index is 1.14. The first-order chi connectivity index (χ1) is 19.3. The van der Waals surface area contributed by atoms with Gasteiger partial charge in [0.1, 0.15) is 0 Å². The van der Waals surface area contributed by atoms with Gasteiger partial charge in [-0.1, -0.05) is 115 Å². The zero-order chi connectivity index (χ0) is 26.0. The third-order valence-electron chi connectivity index (χ3n) is 7.43. The molecule has 0 aliphatic heterocycles. The van der Waals surface area contributed by atoms with Crippen molar-refractivity contribution < 1.29 is 0 Å². The van der Waals surface area contributed by atoms with E-state index in [-0.39, 0.29) is 0 Å². The first-order valence-corrected chi connectivity index (χ1v) is 13.4. The summed E-state index contributed by atoms with van der Waals surface area (Å²) in [5.74, 6) is 0. The van der Waals surface area contributed by atoms with E-state index in [4.69, 9.17) is 0 Å². The van der Waals surface area contributed by atoms with Gasteiger partial charge in [-0.3, -0.25) is 0 Å². The normalized spacial score (nSPS) is 11.1. The molecular weight excluding hydrogens is 470 g/mol. The van der Waals surface area contributed by atoms with Crippen LogP contribution in [0.5, 0.6) is 0 Å². The average Bonchev–Trinajstić information content (AvgIpc) is 3.02. The molecule has 7 aromatic rings. The Morgan fingerprint density at radius 2 is 0.821 bits per heavy atom. The van der Waals surface area contributed by atoms with Crippen LogP contribution in [0.4, 0.5) is 17.1 Å². The molecule has 0 bridgehead atoms. The van der Waals surface area contributed by atoms with Gasteiger partial charge >= 0.3 is 0 Å². The summed E-state index contributed by atoms with van der Waals surface area (Å²) in [6.45, 7) is 0. The standard InChI is InChI=1S/C38H27N/c1-3-12-34(13-4-1)39(35-14-5-2-6-15-35)36-24-22-28(23-25-36)30-18-19-32-27-33(21-20-31(32)26-30)38-17-9-11-29-10-7-8-16-37(29)38/h1-27H. The van der Waals surface area contributed by atoms with E-state index in [1.165, 1.54) is 43.8 Å². The van der Waals surface area contributed by atoms with Crippen LogP contribution in [-0.4, -0.2) is 0 Å². The Balaban J connectivity index is 1.22. The lowest BCUT2D eigenvalue weighted by atomic mass is 9.95. The Bertz CT molecular complexity index is 1840. The molecule has 0 spiro atoms. The molecule has 0 heterocycles. The largest absolute Gasteiger partial charge is 0.311 e. The van der Waals surface area contributed by atoms with Crippen molar-refractivity contribution in [3.63, 3.8) is 0 Å². The molecule has 0 unspecified atom stereocenters. The second-order valence-electron chi connectivity index (χ2n) is 9.86. The van der Waals surface area contributed by atoms with Crippen molar-refractivity contribution in [3.05, 3.63) is 164 Å². The van der Waals surface area contributed by atoms with Crippen molar-refractivity contribution in [3.8, 4) is 22.3 Å². The maximum absolute atomic E-state index is 2.31. The smallest absolute Gasteiger partial charge is 0.0462 e. The summed E-state index contributed by atoms with van der Waals surface area (Å²) < 4.78 is 0. The molecule has 184 valence electrons. The molecule has 0 radical (unpaired) electrons. The third-order valence-corrected chi connectivity index (χ3v) is 7.43. The summed E-state index contributed by atoms with van der Waals surface area (Å²) in [5, 5.41) is 5.05. The summed E-state index contributed by atoms with van der Waals surface area (Å²) >= 11 is 0. The Hall–Kier alpha value is -5.14. The summed E-state index contributed by atoms with van der Waals surface area (Å²) in [4.78, 5) is 2.29. The predicted octanol–water partition coefficient (Wildman–Crippen LogP) is 10.8. The van der Waals surface area contributed by atoms with Gasteiger partial charge in [0.25, 0.3) is 0 Å². The van der Waals surface area contributed by atoms with Crippen LogP contribution in [0.1, 0.15) is 0 Å². The molecule has 39 heavy (non-hydrogen) atoms. The van der Waals surface area contributed by atoms with E-state index >= 15 is 0 Å². The topological polar surface area (TPSA) is 3.24 Å². The lowest BCUT2D eigenvalue weighted by Gasteiger charge is -2.25. The maximum atomic E-state index is 2.31. The monoisotopic (exact) mass is 497 g/mol. The highest BCUT2D eigenvalue weighted by Crippen LogP contribution is 2.36. The van der Waals surface area contributed by atoms with Gasteiger partial charge in [-0.25, -0.2) is 0 Å². The van der Waals surface area contributed by atoms with Gasteiger partial charge in [-0.2, -0.15) is 0 Å². The van der Waals surface area contributed by atoms with E-state index in [0.29, 0.717) is 0 Å². The van der Waals surface area contributed by atoms with Crippen LogP contribution in [-0.2, 0) is 0 Å². The summed E-state index contributed by atoms with van der Waals surface area (Å²) in [5.41, 5.74) is 8.37. The van der Waals surface area contributed by atoms with E-state index in [1.807, 2.05) is 0 Å². The summed E-state index contributed by atoms with van der Waals surface area (Å²) in [7, 11) is 0. The number of benzene rings is 7. The van der Waals surface area contributed by atoms with Gasteiger partial charge in [0, 0.05) is 17.1 Å². The number of hydrogen-bond acceptors (Lipinski definition) is 1. The molecule has 0 fully saturated rings. The molecule has 7 rings (SSSR count). The molecule has 0 saturated heterocycles. The molecule has 0 amide bonds. The Morgan fingerprint density at radius 1 is 0.308 bits per heavy atom. The van der Waals surface area contributed by atoms with Crippen LogP contribution in [0, 0.1) is 0 Å². The van der Waals surface area contributed by atoms with Crippen molar-refractivity contribution in [2.45, 2.75) is 0 Å². The molecule has 0 saturated carbocycles. The van der Waals surface area contributed by atoms with E-state index in [0.717, 1.165) is 17.1 Å². The van der Waals surface area contributed by atoms with Crippen molar-refractivity contribution in [1.29, 1.82) is 0 Å². The van der Waals surface area contributed by atoms with Crippen molar-refractivity contribution in [1.82, 2.24) is 0 Å². The van der Waals surface area contributed by atoms with E-state index in [1.54, 1.807) is 0 Å². The number of nitrogens with zero attached hydrogens (tertiary/aromatic N) is 1. The van der Waals surface area contributed by atoms with E-state index < -0.39 is 0 Å². The molecular formula is C38H27N. The van der Waals surface area contributed by atoms with E-state index in [2.05, 4.69) is 169 Å². The highest BCUT2D eigenvalue weighted by Gasteiger charge is 2.12. The lowest BCUT2D eigenvalue weighted by Crippen LogP contribution is -2.09. The Labute approximate surface area is 229 Å². The summed E-state index contributed by atoms with van der Waals surface area (Å²) in [6, 6.07) is 58.6. The number of anilines is 3. The second kappa shape index (κ2) is 9.96. The van der Waals surface area contributed by atoms with Crippen LogP contribution in [0.2, 0.25) is 0 Å². The average molecular weight is 498 g/mol. The van der Waals surface area contributed by atoms with E-state index in [9.17, 15) is 0 Å². The molecule has 1 heteroatoms. The highest BCUT2D eigenvalue weighted by molar-refractivity contribution is 5.99. The second-order valence-corrected chi connectivity index (χ2v) is 9.86. The Kier molecular flexibility index (Phi) is 5.88. The van der Waals surface area contributed by atoms with Gasteiger partial charge in [-0.05, 0) is 92.3 Å². The minimum absolute atomic E-state index is 1.14. The molecule has 0 aliphatic carbocycles. The number of rotatable bonds is 5. The van der Waals surface area contributed by atoms with Gasteiger partial charge < -0.3 is 4.90 Å². The van der Waals surface area contributed by atoms with Crippen LogP contribution < -0.4 is 4.90 Å². The fraction of sp³-hybridized carbons (Fsp3) is 0. The molecule has 0 N–H and O–H groups in total. The first kappa shape index (κ1) is 23.0. The molecule has 7 aromatic carbocycles. The molecule has 0 atom stereocenters. The summed E-state index contributed by atoms with van der Waals surface area (Å²) in [6.07, 6.45) is 0. The van der Waals surface area contributed by atoms with Crippen molar-refractivity contribution in [2.75, 3.05) is 4.90 Å². The maximum Gasteiger partial charge on any atom is 0.0462 e. The highest BCUT2D eigenvalue weighted by atomic mass is 15.1. The number of para-hydroxylation sites is 2. The van der Waals surface area contributed by atoms with Crippen LogP contribution >= 0.6 is 0 Å². The molecule has 0 aromatic heterocycles. The fourth-order valence-electron chi connectivity index (χ4n) is 5.47. The van der Waals surface area contributed by atoms with Gasteiger partial charge in [-0.15, -0.1) is 0 Å². The van der Waals surface area contributed by atoms with Gasteiger partial charge in [0.2, 0.25) is 0 Å². The first-order valence-electron chi connectivity index (χ1n) is 13.4. The zero-order valence-electron chi connectivity index (χ0n) is 21.5. The van der Waals surface area contributed by atoms with Crippen LogP contribution in [0.3, 0.4) is 0 Å². The predicted molar refractivity (Wildman–Crippen MR) is 167 cm³/mol. The van der Waals surface area contributed by atoms with Gasteiger partial charge in [0.05, 0.1) is 0 Å². The fourth-order valence-corrected chi connectivity index (χ4v) is 5.47. The number of fused-ring (bicyclic) bond motifs is 2. The quantitative estimate of drug-likeness (QED) is 0.229. The number of hydrogen-bond donors (Lipinski definition) is 0. The van der Waals surface area contributed by atoms with Crippen molar-refractivity contribution in [2.24, 2.45) is 0 Å². The minimum Gasteiger partial charge on any atom is -0.311 e.